The molecule has 0 radical (unpaired) electrons. The molecular weight excluding hydrogens is 312 g/mol. The summed E-state index contributed by atoms with van der Waals surface area (Å²) in [5.41, 5.74) is 0.932. The molecule has 23 heavy (non-hydrogen) atoms. The minimum absolute atomic E-state index is 0.135. The molecule has 0 aliphatic carbocycles. The molecule has 0 saturated carbocycles. The van der Waals surface area contributed by atoms with Crippen LogP contribution >= 0.6 is 11.3 Å². The van der Waals surface area contributed by atoms with Gasteiger partial charge in [0.1, 0.15) is 5.60 Å². The highest BCUT2D eigenvalue weighted by Gasteiger charge is 2.25. The average molecular weight is 330 g/mol. The number of hydrogen-bond acceptors (Lipinski definition) is 5. The molecule has 7 heteroatoms. The SMILES string of the molecule is Cc1nn(C)c2ncc(C(=O)NCC(C)(O)c3cccs3)cc12. The second-order valence-electron chi connectivity index (χ2n) is 5.74. The highest BCUT2D eigenvalue weighted by Crippen LogP contribution is 2.24. The highest BCUT2D eigenvalue weighted by atomic mass is 32.1. The van der Waals surface area contributed by atoms with Crippen molar-refractivity contribution in [1.29, 1.82) is 0 Å². The third-order valence-corrected chi connectivity index (χ3v) is 4.89. The van der Waals surface area contributed by atoms with Gasteiger partial charge in [0, 0.05) is 23.5 Å². The lowest BCUT2D eigenvalue weighted by Crippen LogP contribution is -2.38. The zero-order chi connectivity index (χ0) is 16.6. The number of carbonyl (C=O) groups excluding carboxylic acids is 1. The van der Waals surface area contributed by atoms with Gasteiger partial charge in [-0.05, 0) is 31.4 Å². The first-order valence-corrected chi connectivity index (χ1v) is 8.10. The predicted octanol–water partition coefficient (Wildman–Crippen LogP) is 1.98. The lowest BCUT2D eigenvalue weighted by atomic mass is 10.1. The van der Waals surface area contributed by atoms with Crippen LogP contribution in [0.4, 0.5) is 0 Å². The van der Waals surface area contributed by atoms with Gasteiger partial charge in [0.05, 0.1) is 17.8 Å². The summed E-state index contributed by atoms with van der Waals surface area (Å²) in [6.45, 7) is 3.70. The number of rotatable bonds is 4. The summed E-state index contributed by atoms with van der Waals surface area (Å²) in [6, 6.07) is 5.50. The fraction of sp³-hybridized carbons (Fsp3) is 0.312. The minimum atomic E-state index is -1.09. The van der Waals surface area contributed by atoms with Gasteiger partial charge in [0.15, 0.2) is 5.65 Å². The van der Waals surface area contributed by atoms with Gasteiger partial charge in [-0.3, -0.25) is 9.48 Å². The molecule has 6 nitrogen and oxygen atoms in total. The van der Waals surface area contributed by atoms with Crippen LogP contribution in [0.1, 0.15) is 27.9 Å². The minimum Gasteiger partial charge on any atom is -0.383 e. The molecule has 0 spiro atoms. The number of nitrogens with one attached hydrogen (secondary N) is 1. The Morgan fingerprint density at radius 3 is 3.00 bits per heavy atom. The van der Waals surface area contributed by atoms with Gasteiger partial charge in [-0.25, -0.2) is 4.98 Å². The molecule has 1 unspecified atom stereocenters. The first-order chi connectivity index (χ1) is 10.9. The fourth-order valence-electron chi connectivity index (χ4n) is 2.46. The van der Waals surface area contributed by atoms with Crippen LogP contribution in [-0.2, 0) is 12.6 Å². The number of nitrogens with zero attached hydrogens (tertiary/aromatic N) is 3. The summed E-state index contributed by atoms with van der Waals surface area (Å²) in [6.07, 6.45) is 1.53. The molecule has 0 bridgehead atoms. The van der Waals surface area contributed by atoms with Crippen molar-refractivity contribution < 1.29 is 9.90 Å². The van der Waals surface area contributed by atoms with Crippen LogP contribution in [0, 0.1) is 6.92 Å². The van der Waals surface area contributed by atoms with Crippen molar-refractivity contribution in [3.8, 4) is 0 Å². The Bertz CT molecular complexity index is 852. The largest absolute Gasteiger partial charge is 0.383 e. The molecule has 0 fully saturated rings. The standard InChI is InChI=1S/C16H18N4O2S/c1-10-12-7-11(8-17-14(12)20(3)19-10)15(21)18-9-16(2,22)13-5-4-6-23-13/h4-8,22H,9H2,1-3H3,(H,18,21). The van der Waals surface area contributed by atoms with Crippen LogP contribution in [0.2, 0.25) is 0 Å². The van der Waals surface area contributed by atoms with E-state index in [9.17, 15) is 9.90 Å². The number of aromatic nitrogens is 3. The van der Waals surface area contributed by atoms with Gasteiger partial charge >= 0.3 is 0 Å². The van der Waals surface area contributed by atoms with Gasteiger partial charge < -0.3 is 10.4 Å². The molecule has 0 aliphatic rings. The molecule has 3 rings (SSSR count). The second-order valence-corrected chi connectivity index (χ2v) is 6.69. The fourth-order valence-corrected chi connectivity index (χ4v) is 3.25. The van der Waals surface area contributed by atoms with E-state index in [0.717, 1.165) is 21.6 Å². The Labute approximate surface area is 137 Å². The van der Waals surface area contributed by atoms with Gasteiger partial charge in [-0.2, -0.15) is 5.10 Å². The van der Waals surface area contributed by atoms with Crippen molar-refractivity contribution in [2.75, 3.05) is 6.54 Å². The van der Waals surface area contributed by atoms with Crippen molar-refractivity contribution in [3.05, 3.63) is 45.9 Å². The van der Waals surface area contributed by atoms with Crippen molar-refractivity contribution in [2.24, 2.45) is 7.05 Å². The van der Waals surface area contributed by atoms with Gasteiger partial charge in [-0.1, -0.05) is 6.07 Å². The van der Waals surface area contributed by atoms with Crippen LogP contribution in [0.25, 0.3) is 11.0 Å². The molecule has 3 aromatic heterocycles. The Kier molecular flexibility index (Phi) is 3.91. The zero-order valence-electron chi connectivity index (χ0n) is 13.2. The number of amides is 1. The van der Waals surface area contributed by atoms with Crippen LogP contribution in [-0.4, -0.2) is 32.3 Å². The summed E-state index contributed by atoms with van der Waals surface area (Å²) in [4.78, 5) is 17.4. The van der Waals surface area contributed by atoms with Crippen molar-refractivity contribution in [1.82, 2.24) is 20.1 Å². The number of thiophene rings is 1. The molecule has 0 saturated heterocycles. The molecule has 0 aromatic carbocycles. The number of pyridine rings is 1. The summed E-state index contributed by atoms with van der Waals surface area (Å²) in [7, 11) is 1.82. The van der Waals surface area contributed by atoms with Gasteiger partial charge in [0.25, 0.3) is 5.91 Å². The Balaban J connectivity index is 1.77. The number of hydrogen-bond donors (Lipinski definition) is 2. The molecule has 0 aliphatic heterocycles. The van der Waals surface area contributed by atoms with E-state index < -0.39 is 5.60 Å². The molecule has 3 heterocycles. The first-order valence-electron chi connectivity index (χ1n) is 7.22. The maximum atomic E-state index is 12.3. The van der Waals surface area contributed by atoms with E-state index in [-0.39, 0.29) is 12.5 Å². The molecule has 1 atom stereocenters. The van der Waals surface area contributed by atoms with Crippen molar-refractivity contribution in [2.45, 2.75) is 19.4 Å². The Morgan fingerprint density at radius 2 is 2.30 bits per heavy atom. The summed E-state index contributed by atoms with van der Waals surface area (Å²) >= 11 is 1.46. The van der Waals surface area contributed by atoms with E-state index in [1.165, 1.54) is 17.5 Å². The topological polar surface area (TPSA) is 80.0 Å². The van der Waals surface area contributed by atoms with Crippen LogP contribution in [0.5, 0.6) is 0 Å². The second kappa shape index (κ2) is 5.75. The molecule has 3 aromatic rings. The summed E-state index contributed by atoms with van der Waals surface area (Å²) in [5.74, 6) is -0.264. The number of aryl methyl sites for hydroxylation is 2. The summed E-state index contributed by atoms with van der Waals surface area (Å²) < 4.78 is 1.69. The Hall–Kier alpha value is -2.25. The third-order valence-electron chi connectivity index (χ3n) is 3.77. The molecular formula is C16H18N4O2S. The van der Waals surface area contributed by atoms with E-state index in [2.05, 4.69) is 15.4 Å². The van der Waals surface area contributed by atoms with Gasteiger partial charge in [0.2, 0.25) is 0 Å². The number of aliphatic hydroxyl groups is 1. The lowest BCUT2D eigenvalue weighted by molar-refractivity contribution is 0.0556. The average Bonchev–Trinajstić information content (AvgIpc) is 3.15. The maximum Gasteiger partial charge on any atom is 0.252 e. The van der Waals surface area contributed by atoms with E-state index in [4.69, 9.17) is 0 Å². The monoisotopic (exact) mass is 330 g/mol. The molecule has 1 amide bonds. The highest BCUT2D eigenvalue weighted by molar-refractivity contribution is 7.10. The first kappa shape index (κ1) is 15.6. The normalized spacial score (nSPS) is 13.9. The quantitative estimate of drug-likeness (QED) is 0.766. The van der Waals surface area contributed by atoms with Crippen LogP contribution in [0.3, 0.4) is 0 Å². The van der Waals surface area contributed by atoms with Crippen molar-refractivity contribution in [3.63, 3.8) is 0 Å². The number of carbonyl (C=O) groups is 1. The predicted molar refractivity (Wildman–Crippen MR) is 89.5 cm³/mol. The maximum absolute atomic E-state index is 12.3. The smallest absolute Gasteiger partial charge is 0.252 e. The molecule has 120 valence electrons. The lowest BCUT2D eigenvalue weighted by Gasteiger charge is -2.22. The summed E-state index contributed by atoms with van der Waals surface area (Å²) in [5, 5.41) is 20.3. The van der Waals surface area contributed by atoms with E-state index >= 15 is 0 Å². The Morgan fingerprint density at radius 1 is 1.52 bits per heavy atom. The van der Waals surface area contributed by atoms with Gasteiger partial charge in [-0.15, -0.1) is 11.3 Å². The zero-order valence-corrected chi connectivity index (χ0v) is 14.0. The molecule has 2 N–H and O–H groups in total. The third kappa shape index (κ3) is 2.97. The van der Waals surface area contributed by atoms with Crippen molar-refractivity contribution >= 4 is 28.3 Å². The van der Waals surface area contributed by atoms with Crippen LogP contribution in [0.15, 0.2) is 29.8 Å². The van der Waals surface area contributed by atoms with E-state index in [1.54, 1.807) is 17.7 Å². The van der Waals surface area contributed by atoms with E-state index in [1.807, 2.05) is 31.5 Å². The van der Waals surface area contributed by atoms with E-state index in [0.29, 0.717) is 5.56 Å². The number of fused-ring (bicyclic) bond motifs is 1. The van der Waals surface area contributed by atoms with Crippen LogP contribution < -0.4 is 5.32 Å².